The van der Waals surface area contributed by atoms with Gasteiger partial charge >= 0.3 is 0 Å². The largest absolute Gasteiger partial charge is 0.376 e. The van der Waals surface area contributed by atoms with E-state index in [-0.39, 0.29) is 10.8 Å². The van der Waals surface area contributed by atoms with Crippen LogP contribution in [0.5, 0.6) is 0 Å². The van der Waals surface area contributed by atoms with E-state index in [2.05, 4.69) is 319 Å². The fourth-order valence-corrected chi connectivity index (χ4v) is 29.4. The second-order valence-corrected chi connectivity index (χ2v) is 38.2. The summed E-state index contributed by atoms with van der Waals surface area (Å²) in [5.74, 6) is 0. The standard InChI is InChI=1S/C46H36O2S5.C46H32S5/c1-27-5-13-31(14-6-27)45(47,32-15-7-28(2)8-16-32)35-21-23-49-41(35)37-25-39-43(52-37)44-40(51-39)26-38(53-44)42-36(22-24-50-42)46(48,33-17-9-29(3)10-18-33)34-19-11-30(4)12-20-34;1-25-5-13-29(14-6-25)45(30-15-7-26(2)8-16-30)33-21-23-47-37(33)39-35(45)41-43(50-39)44-42(49-41)36-40(51-44)38-34(22-24-48-38)46(36,31-17-9-27(3)10-18-31)32-19-11-28(4)12-20-32/h5-26,47-48H,1-4H3;5-24H,1-4H3. The van der Waals surface area contributed by atoms with Gasteiger partial charge in [0.05, 0.1) is 58.5 Å². The van der Waals surface area contributed by atoms with E-state index in [1.165, 1.54) is 124 Å². The molecular weight excluding hydrogens is 1460 g/mol. The van der Waals surface area contributed by atoms with E-state index in [9.17, 15) is 10.2 Å². The van der Waals surface area contributed by atoms with Crippen molar-refractivity contribution < 1.29 is 10.2 Å². The molecule has 20 rings (SSSR count). The van der Waals surface area contributed by atoms with Gasteiger partial charge < -0.3 is 10.2 Å². The summed E-state index contributed by atoms with van der Waals surface area (Å²) in [5, 5.41) is 34.5. The molecular formula is C92H68O2S10. The van der Waals surface area contributed by atoms with Gasteiger partial charge in [-0.3, -0.25) is 0 Å². The Bertz CT molecular complexity index is 5740. The highest BCUT2D eigenvalue weighted by atomic mass is 32.1. The number of aryl methyl sites for hydroxylation is 8. The number of aliphatic hydroxyl groups is 2. The maximum Gasteiger partial charge on any atom is 0.142 e. The summed E-state index contributed by atoms with van der Waals surface area (Å²) in [6.45, 7) is 17.1. The van der Waals surface area contributed by atoms with Gasteiger partial charge in [0, 0.05) is 51.2 Å². The molecule has 10 aromatic heterocycles. The molecule has 10 heterocycles. The summed E-state index contributed by atoms with van der Waals surface area (Å²) in [4.78, 5) is 10.3. The molecule has 0 saturated carbocycles. The molecule has 2 nitrogen and oxygen atoms in total. The Morgan fingerprint density at radius 1 is 0.250 bits per heavy atom. The first-order valence-electron chi connectivity index (χ1n) is 34.9. The van der Waals surface area contributed by atoms with E-state index in [1.807, 2.05) is 79.4 Å². The predicted molar refractivity (Wildman–Crippen MR) is 455 cm³/mol. The van der Waals surface area contributed by atoms with Crippen molar-refractivity contribution in [2.24, 2.45) is 0 Å². The van der Waals surface area contributed by atoms with Crippen LogP contribution in [0.25, 0.3) is 76.6 Å². The van der Waals surface area contributed by atoms with E-state index in [0.29, 0.717) is 0 Å². The molecule has 0 spiro atoms. The zero-order valence-electron chi connectivity index (χ0n) is 58.2. The van der Waals surface area contributed by atoms with Crippen LogP contribution in [-0.4, -0.2) is 10.2 Å². The van der Waals surface area contributed by atoms with Gasteiger partial charge in [0.15, 0.2) is 0 Å². The average molecular weight is 1530 g/mol. The summed E-state index contributed by atoms with van der Waals surface area (Å²) < 4.78 is 10.9. The van der Waals surface area contributed by atoms with Gasteiger partial charge in [0.25, 0.3) is 0 Å². The Morgan fingerprint density at radius 2 is 0.519 bits per heavy atom. The third-order valence-electron chi connectivity index (χ3n) is 21.6. The third kappa shape index (κ3) is 10.0. The van der Waals surface area contributed by atoms with Crippen LogP contribution in [0.4, 0.5) is 0 Å². The summed E-state index contributed by atoms with van der Waals surface area (Å²) >= 11 is 18.8. The number of hydrogen-bond donors (Lipinski definition) is 2. The molecule has 2 aliphatic carbocycles. The maximum atomic E-state index is 12.8. The van der Waals surface area contributed by atoms with Crippen LogP contribution in [0, 0.1) is 55.4 Å². The maximum absolute atomic E-state index is 12.8. The van der Waals surface area contributed by atoms with E-state index in [1.54, 1.807) is 22.7 Å². The summed E-state index contributed by atoms with van der Waals surface area (Å²) in [5.41, 5.74) is 23.0. The molecule has 508 valence electrons. The molecule has 0 unspecified atom stereocenters. The highest BCUT2D eigenvalue weighted by Gasteiger charge is 2.53. The van der Waals surface area contributed by atoms with Crippen molar-refractivity contribution in [3.63, 3.8) is 0 Å². The SMILES string of the molecule is Cc1ccc(C(O)(c2ccc(C)cc2)c2ccsc2-c2cc3sc4cc(-c5sccc5C(O)(c5ccc(C)cc5)c5ccc(C)cc5)sc4c3s2)cc1.Cc1ccc(C2(c3ccc(C)cc3)c3ccsc3-c3sc4c(sc5c6c(sc54)-c4sccc4C6(c4ccc(C)cc4)c4ccc(C)cc4)c32)cc1. The third-order valence-corrected chi connectivity index (χ3v) is 33.8. The Kier molecular flexibility index (Phi) is 16.1. The Labute approximate surface area is 645 Å². The monoisotopic (exact) mass is 1520 g/mol. The first-order valence-corrected chi connectivity index (χ1v) is 43.3. The lowest BCUT2D eigenvalue weighted by molar-refractivity contribution is 0.126. The van der Waals surface area contributed by atoms with E-state index >= 15 is 0 Å². The number of hydrogen-bond acceptors (Lipinski definition) is 12. The van der Waals surface area contributed by atoms with Gasteiger partial charge in [0.2, 0.25) is 0 Å². The molecule has 0 aliphatic heterocycles. The Morgan fingerprint density at radius 3 is 0.817 bits per heavy atom. The molecule has 8 aromatic carbocycles. The second-order valence-electron chi connectivity index (χ2n) is 28.2. The summed E-state index contributed by atoms with van der Waals surface area (Å²) in [7, 11) is 0. The molecule has 0 fully saturated rings. The molecule has 104 heavy (non-hydrogen) atoms. The summed E-state index contributed by atoms with van der Waals surface area (Å²) in [6.07, 6.45) is 0. The van der Waals surface area contributed by atoms with Crippen molar-refractivity contribution in [2.75, 3.05) is 0 Å². The molecule has 12 heteroatoms. The zero-order chi connectivity index (χ0) is 70.7. The van der Waals surface area contributed by atoms with Crippen LogP contribution in [0.3, 0.4) is 0 Å². The quantitative estimate of drug-likeness (QED) is 0.128. The van der Waals surface area contributed by atoms with Gasteiger partial charge in [-0.1, -0.05) is 239 Å². The van der Waals surface area contributed by atoms with Crippen molar-refractivity contribution in [3.8, 4) is 39.0 Å². The van der Waals surface area contributed by atoms with Gasteiger partial charge in [-0.25, -0.2) is 0 Å². The van der Waals surface area contributed by atoms with Crippen LogP contribution in [0.2, 0.25) is 0 Å². The van der Waals surface area contributed by atoms with Crippen molar-refractivity contribution in [2.45, 2.75) is 77.4 Å². The fourth-order valence-electron chi connectivity index (χ4n) is 16.3. The zero-order valence-corrected chi connectivity index (χ0v) is 66.4. The van der Waals surface area contributed by atoms with Crippen LogP contribution in [0.1, 0.15) is 122 Å². The molecule has 18 aromatic rings. The lowest BCUT2D eigenvalue weighted by Gasteiger charge is -2.33. The minimum atomic E-state index is -1.30. The molecule has 0 radical (unpaired) electrons. The second kappa shape index (κ2) is 25.2. The predicted octanol–water partition coefficient (Wildman–Crippen LogP) is 27.7. The lowest BCUT2D eigenvalue weighted by Crippen LogP contribution is -2.29. The van der Waals surface area contributed by atoms with E-state index in [4.69, 9.17) is 0 Å². The van der Waals surface area contributed by atoms with Crippen LogP contribution >= 0.6 is 113 Å². The Hall–Kier alpha value is -8.28. The Balaban J connectivity index is 0.000000143. The van der Waals surface area contributed by atoms with Crippen molar-refractivity contribution >= 4 is 151 Å². The molecule has 2 N–H and O–H groups in total. The number of fused-ring (bicyclic) bond motifs is 14. The van der Waals surface area contributed by atoms with Gasteiger partial charge in [-0.2, -0.15) is 0 Å². The number of benzene rings is 8. The number of rotatable bonds is 12. The minimum Gasteiger partial charge on any atom is -0.376 e. The highest BCUT2D eigenvalue weighted by molar-refractivity contribution is 7.42. The van der Waals surface area contributed by atoms with Gasteiger partial charge in [0.1, 0.15) is 11.2 Å². The normalized spacial score (nSPS) is 13.6. The minimum absolute atomic E-state index is 0.371. The summed E-state index contributed by atoms with van der Waals surface area (Å²) in [6, 6.07) is 84.2. The van der Waals surface area contributed by atoms with Gasteiger partial charge in [-0.15, -0.1) is 113 Å². The first-order chi connectivity index (χ1) is 50.5. The lowest BCUT2D eigenvalue weighted by atomic mass is 9.68. The number of thiophene rings is 10. The van der Waals surface area contributed by atoms with Crippen LogP contribution < -0.4 is 0 Å². The van der Waals surface area contributed by atoms with Crippen molar-refractivity contribution in [1.82, 2.24) is 0 Å². The molecule has 2 aliphatic rings. The first kappa shape index (κ1) is 66.4. The van der Waals surface area contributed by atoms with Crippen molar-refractivity contribution in [1.29, 1.82) is 0 Å². The average Bonchev–Trinajstić information content (AvgIpc) is 1.49. The molecule has 0 amide bonds. The van der Waals surface area contributed by atoms with E-state index < -0.39 is 11.2 Å². The van der Waals surface area contributed by atoms with Gasteiger partial charge in [-0.05, 0) is 169 Å². The molecule has 0 saturated heterocycles. The van der Waals surface area contributed by atoms with Crippen LogP contribution in [0.15, 0.2) is 252 Å². The molecule has 0 atom stereocenters. The van der Waals surface area contributed by atoms with Crippen molar-refractivity contribution in [3.05, 3.63) is 374 Å². The topological polar surface area (TPSA) is 40.5 Å². The molecule has 0 bridgehead atoms. The fraction of sp³-hybridized carbons (Fsp3) is 0.130. The van der Waals surface area contributed by atoms with Crippen LogP contribution in [-0.2, 0) is 22.0 Å². The van der Waals surface area contributed by atoms with E-state index in [0.717, 1.165) is 75.1 Å². The highest BCUT2D eigenvalue weighted by Crippen LogP contribution is 2.69. The smallest absolute Gasteiger partial charge is 0.142 e.